The van der Waals surface area contributed by atoms with Crippen molar-refractivity contribution in [2.24, 2.45) is 0 Å². The first-order valence-electron chi connectivity index (χ1n) is 5.89. The third-order valence-corrected chi connectivity index (χ3v) is 3.46. The normalized spacial score (nSPS) is 12.9. The Kier molecular flexibility index (Phi) is 6.64. The number of hydrogen-bond donors (Lipinski definition) is 0. The first-order valence-corrected chi connectivity index (χ1v) is 6.81. The Hall–Kier alpha value is -0.420. The molecule has 4 nitrogen and oxygen atoms in total. The van der Waals surface area contributed by atoms with E-state index in [1.165, 1.54) is 6.42 Å². The van der Waals surface area contributed by atoms with Crippen molar-refractivity contribution in [1.82, 2.24) is 15.0 Å². The summed E-state index contributed by atoms with van der Waals surface area (Å²) in [6, 6.07) is 0. The second-order valence-electron chi connectivity index (χ2n) is 3.75. The van der Waals surface area contributed by atoms with Gasteiger partial charge in [0.2, 0.25) is 0 Å². The van der Waals surface area contributed by atoms with Gasteiger partial charge in [0.15, 0.2) is 0 Å². The maximum Gasteiger partial charge on any atom is 0.0963 e. The molecule has 1 rings (SSSR count). The van der Waals surface area contributed by atoms with E-state index in [0.717, 1.165) is 31.7 Å². The van der Waals surface area contributed by atoms with E-state index in [0.29, 0.717) is 11.4 Å². The summed E-state index contributed by atoms with van der Waals surface area (Å²) in [6.45, 7) is 6.61. The Morgan fingerprint density at radius 1 is 1.44 bits per heavy atom. The molecular formula is C11H20BrN3O. The summed E-state index contributed by atoms with van der Waals surface area (Å²) in [5.41, 5.74) is 0.996. The SMILES string of the molecule is CCCCOCCn1cc(C(Br)CC)nn1. The predicted octanol–water partition coefficient (Wildman–Crippen LogP) is 2.94. The van der Waals surface area contributed by atoms with Crippen LogP contribution >= 0.6 is 15.9 Å². The van der Waals surface area contributed by atoms with Gasteiger partial charge in [0, 0.05) is 12.8 Å². The van der Waals surface area contributed by atoms with Gasteiger partial charge in [-0.15, -0.1) is 5.10 Å². The lowest BCUT2D eigenvalue weighted by molar-refractivity contribution is 0.120. The second-order valence-corrected chi connectivity index (χ2v) is 4.85. The van der Waals surface area contributed by atoms with Gasteiger partial charge in [0.1, 0.15) is 0 Å². The highest BCUT2D eigenvalue weighted by Gasteiger charge is 2.08. The molecule has 1 aromatic heterocycles. The van der Waals surface area contributed by atoms with E-state index in [4.69, 9.17) is 4.74 Å². The highest BCUT2D eigenvalue weighted by atomic mass is 79.9. The van der Waals surface area contributed by atoms with E-state index in [2.05, 4.69) is 40.1 Å². The molecule has 0 N–H and O–H groups in total. The van der Waals surface area contributed by atoms with Gasteiger partial charge in [-0.25, -0.2) is 4.68 Å². The van der Waals surface area contributed by atoms with Gasteiger partial charge in [-0.1, -0.05) is 41.4 Å². The predicted molar refractivity (Wildman–Crippen MR) is 67.7 cm³/mol. The number of rotatable bonds is 8. The quantitative estimate of drug-likeness (QED) is 0.546. The van der Waals surface area contributed by atoms with Crippen molar-refractivity contribution in [2.75, 3.05) is 13.2 Å². The van der Waals surface area contributed by atoms with Crippen molar-refractivity contribution in [3.05, 3.63) is 11.9 Å². The van der Waals surface area contributed by atoms with Crippen LogP contribution in [0.5, 0.6) is 0 Å². The zero-order valence-electron chi connectivity index (χ0n) is 10.0. The van der Waals surface area contributed by atoms with E-state index >= 15 is 0 Å². The number of hydrogen-bond acceptors (Lipinski definition) is 3. The van der Waals surface area contributed by atoms with Crippen LogP contribution in [0.3, 0.4) is 0 Å². The zero-order valence-corrected chi connectivity index (χ0v) is 11.6. The molecular weight excluding hydrogens is 270 g/mol. The fourth-order valence-corrected chi connectivity index (χ4v) is 1.49. The molecule has 0 bridgehead atoms. The minimum atomic E-state index is 0.308. The van der Waals surface area contributed by atoms with Crippen LogP contribution in [-0.4, -0.2) is 28.2 Å². The van der Waals surface area contributed by atoms with Crippen molar-refractivity contribution in [3.8, 4) is 0 Å². The number of nitrogens with zero attached hydrogens (tertiary/aromatic N) is 3. The number of ether oxygens (including phenoxy) is 1. The van der Waals surface area contributed by atoms with Gasteiger partial charge >= 0.3 is 0 Å². The molecule has 16 heavy (non-hydrogen) atoms. The van der Waals surface area contributed by atoms with Gasteiger partial charge in [-0.3, -0.25) is 0 Å². The minimum Gasteiger partial charge on any atom is -0.380 e. The van der Waals surface area contributed by atoms with Gasteiger partial charge in [-0.2, -0.15) is 0 Å². The molecule has 1 heterocycles. The van der Waals surface area contributed by atoms with E-state index in [9.17, 15) is 0 Å². The van der Waals surface area contributed by atoms with Crippen molar-refractivity contribution < 1.29 is 4.74 Å². The fraction of sp³-hybridized carbons (Fsp3) is 0.818. The van der Waals surface area contributed by atoms with E-state index in [1.54, 1.807) is 0 Å². The molecule has 1 unspecified atom stereocenters. The first-order chi connectivity index (χ1) is 7.77. The number of halogens is 1. The average Bonchev–Trinajstić information content (AvgIpc) is 2.76. The Morgan fingerprint density at radius 3 is 2.94 bits per heavy atom. The maximum atomic E-state index is 5.47. The standard InChI is InChI=1S/C11H20BrN3O/c1-3-5-7-16-8-6-15-9-11(13-14-15)10(12)4-2/h9-10H,3-8H2,1-2H3. The Labute approximate surface area is 105 Å². The maximum absolute atomic E-state index is 5.47. The summed E-state index contributed by atoms with van der Waals surface area (Å²) in [5, 5.41) is 8.17. The number of aromatic nitrogens is 3. The lowest BCUT2D eigenvalue weighted by atomic mass is 10.3. The minimum absolute atomic E-state index is 0.308. The molecule has 0 amide bonds. The molecule has 0 fully saturated rings. The summed E-state index contributed by atoms with van der Waals surface area (Å²) in [5.74, 6) is 0. The molecule has 0 aliphatic rings. The smallest absolute Gasteiger partial charge is 0.0963 e. The van der Waals surface area contributed by atoms with E-state index in [1.807, 2.05) is 10.9 Å². The Bertz CT molecular complexity index is 291. The van der Waals surface area contributed by atoms with Crippen molar-refractivity contribution in [2.45, 2.75) is 44.5 Å². The average molecular weight is 290 g/mol. The number of alkyl halides is 1. The lowest BCUT2D eigenvalue weighted by Gasteiger charge is -2.02. The van der Waals surface area contributed by atoms with E-state index in [-0.39, 0.29) is 0 Å². The molecule has 0 saturated heterocycles. The highest BCUT2D eigenvalue weighted by Crippen LogP contribution is 2.23. The molecule has 1 aromatic rings. The first kappa shape index (κ1) is 13.6. The van der Waals surface area contributed by atoms with Crippen LogP contribution in [0, 0.1) is 0 Å². The molecule has 5 heteroatoms. The largest absolute Gasteiger partial charge is 0.380 e. The van der Waals surface area contributed by atoms with Gasteiger partial charge in [0.05, 0.1) is 23.7 Å². The van der Waals surface area contributed by atoms with Crippen LogP contribution in [0.25, 0.3) is 0 Å². The van der Waals surface area contributed by atoms with Crippen molar-refractivity contribution in [3.63, 3.8) is 0 Å². The molecule has 0 aliphatic carbocycles. The molecule has 1 atom stereocenters. The molecule has 0 aliphatic heterocycles. The van der Waals surface area contributed by atoms with Crippen LogP contribution in [0.4, 0.5) is 0 Å². The van der Waals surface area contributed by atoms with Gasteiger partial charge < -0.3 is 4.74 Å². The Morgan fingerprint density at radius 2 is 2.25 bits per heavy atom. The van der Waals surface area contributed by atoms with Crippen molar-refractivity contribution in [1.29, 1.82) is 0 Å². The summed E-state index contributed by atoms with van der Waals surface area (Å²) >= 11 is 3.55. The van der Waals surface area contributed by atoms with Gasteiger partial charge in [0.25, 0.3) is 0 Å². The fourth-order valence-electron chi connectivity index (χ4n) is 1.28. The lowest BCUT2D eigenvalue weighted by Crippen LogP contribution is -2.07. The summed E-state index contributed by atoms with van der Waals surface area (Å²) in [6.07, 6.45) is 5.30. The summed E-state index contributed by atoms with van der Waals surface area (Å²) < 4.78 is 7.31. The third kappa shape index (κ3) is 4.61. The van der Waals surface area contributed by atoms with Gasteiger partial charge in [-0.05, 0) is 12.8 Å². The molecule has 92 valence electrons. The van der Waals surface area contributed by atoms with Crippen LogP contribution in [0.15, 0.2) is 6.20 Å². The van der Waals surface area contributed by atoms with Crippen LogP contribution in [-0.2, 0) is 11.3 Å². The van der Waals surface area contributed by atoms with Crippen LogP contribution in [0.1, 0.15) is 43.6 Å². The molecule has 0 spiro atoms. The third-order valence-electron chi connectivity index (χ3n) is 2.34. The zero-order chi connectivity index (χ0) is 11.8. The monoisotopic (exact) mass is 289 g/mol. The summed E-state index contributed by atoms with van der Waals surface area (Å²) in [7, 11) is 0. The highest BCUT2D eigenvalue weighted by molar-refractivity contribution is 9.09. The summed E-state index contributed by atoms with van der Waals surface area (Å²) in [4.78, 5) is 0.308. The number of unbranched alkanes of at least 4 members (excludes halogenated alkanes) is 1. The van der Waals surface area contributed by atoms with Crippen LogP contribution < -0.4 is 0 Å². The Balaban J connectivity index is 2.24. The van der Waals surface area contributed by atoms with E-state index < -0.39 is 0 Å². The second kappa shape index (κ2) is 7.79. The van der Waals surface area contributed by atoms with Crippen LogP contribution in [0.2, 0.25) is 0 Å². The topological polar surface area (TPSA) is 39.9 Å². The van der Waals surface area contributed by atoms with Crippen molar-refractivity contribution >= 4 is 15.9 Å². The molecule has 0 radical (unpaired) electrons. The molecule has 0 saturated carbocycles. The molecule has 0 aromatic carbocycles.